The molecule has 0 heterocycles. The highest BCUT2D eigenvalue weighted by Gasteiger charge is 2.08. The van der Waals surface area contributed by atoms with E-state index in [4.69, 9.17) is 0 Å². The lowest BCUT2D eigenvalue weighted by molar-refractivity contribution is -0.128. The average Bonchev–Trinajstić information content (AvgIpc) is 2.38. The van der Waals surface area contributed by atoms with E-state index < -0.39 is 0 Å². The SMILES string of the molecule is CCCCCC(=O)CC(=O)NCc1ccccc1. The van der Waals surface area contributed by atoms with Crippen LogP contribution in [0.15, 0.2) is 30.3 Å². The van der Waals surface area contributed by atoms with Gasteiger partial charge in [0, 0.05) is 13.0 Å². The predicted octanol–water partition coefficient (Wildman–Crippen LogP) is 2.84. The molecule has 98 valence electrons. The summed E-state index contributed by atoms with van der Waals surface area (Å²) < 4.78 is 0. The Labute approximate surface area is 109 Å². The van der Waals surface area contributed by atoms with Crippen LogP contribution in [0.3, 0.4) is 0 Å². The molecule has 0 fully saturated rings. The van der Waals surface area contributed by atoms with Gasteiger partial charge in [0.05, 0.1) is 6.42 Å². The number of ketones is 1. The summed E-state index contributed by atoms with van der Waals surface area (Å²) in [4.78, 5) is 23.0. The summed E-state index contributed by atoms with van der Waals surface area (Å²) in [5.74, 6) is -0.144. The van der Waals surface area contributed by atoms with Gasteiger partial charge in [0.25, 0.3) is 0 Å². The minimum atomic E-state index is -0.180. The van der Waals surface area contributed by atoms with E-state index in [9.17, 15) is 9.59 Å². The number of hydrogen-bond acceptors (Lipinski definition) is 2. The molecule has 0 atom stereocenters. The summed E-state index contributed by atoms with van der Waals surface area (Å²) in [6.07, 6.45) is 3.56. The smallest absolute Gasteiger partial charge is 0.227 e. The summed E-state index contributed by atoms with van der Waals surface area (Å²) in [7, 11) is 0. The molecule has 3 nitrogen and oxygen atoms in total. The third-order valence-electron chi connectivity index (χ3n) is 2.75. The van der Waals surface area contributed by atoms with E-state index in [0.29, 0.717) is 13.0 Å². The first-order chi connectivity index (χ1) is 8.72. The highest BCUT2D eigenvalue weighted by Crippen LogP contribution is 2.02. The zero-order valence-electron chi connectivity index (χ0n) is 10.9. The van der Waals surface area contributed by atoms with Crippen LogP contribution in [0.2, 0.25) is 0 Å². The number of rotatable bonds is 8. The molecule has 0 aliphatic rings. The Hall–Kier alpha value is -1.64. The van der Waals surface area contributed by atoms with Crippen LogP contribution >= 0.6 is 0 Å². The summed E-state index contributed by atoms with van der Waals surface area (Å²) in [5.41, 5.74) is 1.05. The van der Waals surface area contributed by atoms with Gasteiger partial charge in [-0.15, -0.1) is 0 Å². The molecule has 18 heavy (non-hydrogen) atoms. The Bertz CT molecular complexity index is 373. The van der Waals surface area contributed by atoms with Crippen molar-refractivity contribution in [3.8, 4) is 0 Å². The van der Waals surface area contributed by atoms with Crippen LogP contribution in [0, 0.1) is 0 Å². The summed E-state index contributed by atoms with van der Waals surface area (Å²) >= 11 is 0. The zero-order valence-corrected chi connectivity index (χ0v) is 10.9. The number of nitrogens with one attached hydrogen (secondary N) is 1. The lowest BCUT2D eigenvalue weighted by Gasteiger charge is -2.04. The van der Waals surface area contributed by atoms with Crippen LogP contribution < -0.4 is 5.32 Å². The molecular formula is C15H21NO2. The van der Waals surface area contributed by atoms with E-state index >= 15 is 0 Å². The molecule has 0 aliphatic heterocycles. The molecule has 0 saturated carbocycles. The van der Waals surface area contributed by atoms with Crippen LogP contribution in [0.1, 0.15) is 44.6 Å². The highest BCUT2D eigenvalue weighted by molar-refractivity contribution is 5.97. The van der Waals surface area contributed by atoms with E-state index in [0.717, 1.165) is 24.8 Å². The molecular weight excluding hydrogens is 226 g/mol. The number of unbranched alkanes of at least 4 members (excludes halogenated alkanes) is 2. The van der Waals surface area contributed by atoms with Gasteiger partial charge in [0.15, 0.2) is 0 Å². The second kappa shape index (κ2) is 8.45. The Morgan fingerprint density at radius 1 is 1.11 bits per heavy atom. The molecule has 0 aromatic heterocycles. The van der Waals surface area contributed by atoms with E-state index in [1.54, 1.807) is 0 Å². The molecule has 0 saturated heterocycles. The maximum Gasteiger partial charge on any atom is 0.227 e. The van der Waals surface area contributed by atoms with Crippen molar-refractivity contribution in [3.05, 3.63) is 35.9 Å². The Kier molecular flexibility index (Phi) is 6.77. The third kappa shape index (κ3) is 6.18. The molecule has 0 radical (unpaired) electrons. The summed E-state index contributed by atoms with van der Waals surface area (Å²) in [5, 5.41) is 2.76. The van der Waals surface area contributed by atoms with Crippen LogP contribution in [0.5, 0.6) is 0 Å². The van der Waals surface area contributed by atoms with Crippen molar-refractivity contribution in [2.75, 3.05) is 0 Å². The zero-order chi connectivity index (χ0) is 13.2. The van der Waals surface area contributed by atoms with Crippen molar-refractivity contribution in [3.63, 3.8) is 0 Å². The molecule has 1 N–H and O–H groups in total. The molecule has 1 aromatic carbocycles. The van der Waals surface area contributed by atoms with Gasteiger partial charge >= 0.3 is 0 Å². The normalized spacial score (nSPS) is 10.1. The molecule has 0 unspecified atom stereocenters. The number of carbonyl (C=O) groups excluding carboxylic acids is 2. The average molecular weight is 247 g/mol. The largest absolute Gasteiger partial charge is 0.352 e. The van der Waals surface area contributed by atoms with Crippen LogP contribution in [-0.2, 0) is 16.1 Å². The molecule has 0 aliphatic carbocycles. The van der Waals surface area contributed by atoms with Gasteiger partial charge in [-0.25, -0.2) is 0 Å². The monoisotopic (exact) mass is 247 g/mol. The lowest BCUT2D eigenvalue weighted by Crippen LogP contribution is -2.25. The van der Waals surface area contributed by atoms with Gasteiger partial charge in [-0.1, -0.05) is 50.1 Å². The number of hydrogen-bond donors (Lipinski definition) is 1. The van der Waals surface area contributed by atoms with Crippen molar-refractivity contribution < 1.29 is 9.59 Å². The van der Waals surface area contributed by atoms with E-state index in [1.807, 2.05) is 30.3 Å². The van der Waals surface area contributed by atoms with Gasteiger partial charge < -0.3 is 5.32 Å². The topological polar surface area (TPSA) is 46.2 Å². The fraction of sp³-hybridized carbons (Fsp3) is 0.467. The number of amides is 1. The molecule has 3 heteroatoms. The maximum absolute atomic E-state index is 11.5. The molecule has 0 bridgehead atoms. The van der Waals surface area contributed by atoms with Crippen LogP contribution in [0.4, 0.5) is 0 Å². The third-order valence-corrected chi connectivity index (χ3v) is 2.75. The standard InChI is InChI=1S/C15H21NO2/c1-2-3-5-10-14(17)11-15(18)16-12-13-8-6-4-7-9-13/h4,6-9H,2-3,5,10-12H2,1H3,(H,16,18). The lowest BCUT2D eigenvalue weighted by atomic mass is 10.1. The second-order valence-corrected chi connectivity index (χ2v) is 4.43. The Morgan fingerprint density at radius 2 is 1.83 bits per heavy atom. The first-order valence-corrected chi connectivity index (χ1v) is 6.54. The number of carbonyl (C=O) groups is 2. The first kappa shape index (κ1) is 14.4. The van der Waals surface area contributed by atoms with Crippen LogP contribution in [0.25, 0.3) is 0 Å². The molecule has 1 aromatic rings. The van der Waals surface area contributed by atoms with E-state index in [2.05, 4.69) is 12.2 Å². The minimum Gasteiger partial charge on any atom is -0.352 e. The highest BCUT2D eigenvalue weighted by atomic mass is 16.2. The Morgan fingerprint density at radius 3 is 2.50 bits per heavy atom. The van der Waals surface area contributed by atoms with Crippen molar-refractivity contribution in [2.24, 2.45) is 0 Å². The minimum absolute atomic E-state index is 0.0105. The molecule has 1 rings (SSSR count). The van der Waals surface area contributed by atoms with Crippen molar-refractivity contribution >= 4 is 11.7 Å². The summed E-state index contributed by atoms with van der Waals surface area (Å²) in [6, 6.07) is 9.68. The van der Waals surface area contributed by atoms with Crippen LogP contribution in [-0.4, -0.2) is 11.7 Å². The predicted molar refractivity (Wildman–Crippen MR) is 72.1 cm³/mol. The van der Waals surface area contributed by atoms with Gasteiger partial charge in [0.1, 0.15) is 5.78 Å². The van der Waals surface area contributed by atoms with Crippen molar-refractivity contribution in [1.29, 1.82) is 0 Å². The van der Waals surface area contributed by atoms with Gasteiger partial charge in [-0.3, -0.25) is 9.59 Å². The second-order valence-electron chi connectivity index (χ2n) is 4.43. The first-order valence-electron chi connectivity index (χ1n) is 6.54. The van der Waals surface area contributed by atoms with E-state index in [1.165, 1.54) is 0 Å². The molecule has 0 spiro atoms. The summed E-state index contributed by atoms with van der Waals surface area (Å²) in [6.45, 7) is 2.58. The fourth-order valence-corrected chi connectivity index (χ4v) is 1.70. The quantitative estimate of drug-likeness (QED) is 0.567. The van der Waals surface area contributed by atoms with Crippen molar-refractivity contribution in [2.45, 2.75) is 45.6 Å². The number of Topliss-reactive ketones (excluding diaryl/α,β-unsaturated/α-hetero) is 1. The fourth-order valence-electron chi connectivity index (χ4n) is 1.70. The van der Waals surface area contributed by atoms with Crippen molar-refractivity contribution in [1.82, 2.24) is 5.32 Å². The Balaban J connectivity index is 2.19. The number of benzene rings is 1. The maximum atomic E-state index is 11.5. The van der Waals surface area contributed by atoms with Gasteiger partial charge in [-0.05, 0) is 12.0 Å². The van der Waals surface area contributed by atoms with E-state index in [-0.39, 0.29) is 18.1 Å². The van der Waals surface area contributed by atoms with Gasteiger partial charge in [0.2, 0.25) is 5.91 Å². The van der Waals surface area contributed by atoms with Gasteiger partial charge in [-0.2, -0.15) is 0 Å². The molecule has 1 amide bonds.